The SMILES string of the molecule is CCC1(CC)NC(=O)N(CC(=O)NNC(=O)C(C)Oc2cccc(Br)c2)C1=O. The summed E-state index contributed by atoms with van der Waals surface area (Å²) >= 11 is 3.31. The lowest BCUT2D eigenvalue weighted by molar-refractivity contribution is -0.136. The second-order valence-electron chi connectivity index (χ2n) is 6.37. The highest BCUT2D eigenvalue weighted by Gasteiger charge is 2.49. The third-order valence-corrected chi connectivity index (χ3v) is 5.05. The lowest BCUT2D eigenvalue weighted by atomic mass is 9.93. The fourth-order valence-electron chi connectivity index (χ4n) is 2.76. The fraction of sp³-hybridized carbons (Fsp3) is 0.444. The molecule has 1 saturated heterocycles. The van der Waals surface area contributed by atoms with Crippen LogP contribution in [0, 0.1) is 0 Å². The smallest absolute Gasteiger partial charge is 0.325 e. The van der Waals surface area contributed by atoms with Gasteiger partial charge in [0.05, 0.1) is 0 Å². The van der Waals surface area contributed by atoms with Gasteiger partial charge in [0, 0.05) is 4.47 Å². The Morgan fingerprint density at radius 3 is 2.50 bits per heavy atom. The molecule has 0 radical (unpaired) electrons. The molecule has 0 saturated carbocycles. The van der Waals surface area contributed by atoms with Gasteiger partial charge >= 0.3 is 6.03 Å². The predicted octanol–water partition coefficient (Wildman–Crippen LogP) is 1.47. The van der Waals surface area contributed by atoms with E-state index in [1.54, 1.807) is 32.0 Å². The molecular weight excluding hydrogens is 432 g/mol. The average Bonchev–Trinajstić information content (AvgIpc) is 2.90. The normalized spacial score (nSPS) is 16.4. The van der Waals surface area contributed by atoms with Crippen molar-refractivity contribution in [3.8, 4) is 5.75 Å². The molecule has 28 heavy (non-hydrogen) atoms. The first kappa shape index (κ1) is 21.7. The number of nitrogens with one attached hydrogen (secondary N) is 3. The topological polar surface area (TPSA) is 117 Å². The summed E-state index contributed by atoms with van der Waals surface area (Å²) in [7, 11) is 0. The monoisotopic (exact) mass is 454 g/mol. The van der Waals surface area contributed by atoms with E-state index in [4.69, 9.17) is 4.74 Å². The zero-order chi connectivity index (χ0) is 20.9. The largest absolute Gasteiger partial charge is 0.481 e. The summed E-state index contributed by atoms with van der Waals surface area (Å²) in [4.78, 5) is 49.5. The molecule has 1 aliphatic rings. The van der Waals surface area contributed by atoms with Crippen molar-refractivity contribution < 1.29 is 23.9 Å². The second kappa shape index (κ2) is 9.05. The quantitative estimate of drug-likeness (QED) is 0.426. The van der Waals surface area contributed by atoms with Crippen molar-refractivity contribution in [1.29, 1.82) is 0 Å². The third-order valence-electron chi connectivity index (χ3n) is 4.56. The number of urea groups is 1. The molecule has 1 fully saturated rings. The molecular formula is C18H23BrN4O5. The first-order valence-corrected chi connectivity index (χ1v) is 9.66. The number of rotatable bonds is 7. The first-order chi connectivity index (χ1) is 13.2. The van der Waals surface area contributed by atoms with E-state index in [0.717, 1.165) is 9.37 Å². The Balaban J connectivity index is 1.85. The van der Waals surface area contributed by atoms with E-state index in [2.05, 4.69) is 32.1 Å². The highest BCUT2D eigenvalue weighted by atomic mass is 79.9. The number of carbonyl (C=O) groups excluding carboxylic acids is 4. The minimum Gasteiger partial charge on any atom is -0.481 e. The Kier molecular flexibility index (Phi) is 7.00. The van der Waals surface area contributed by atoms with Crippen LogP contribution in [-0.2, 0) is 14.4 Å². The molecule has 2 rings (SSSR count). The van der Waals surface area contributed by atoms with E-state index in [1.165, 1.54) is 6.92 Å². The maximum atomic E-state index is 12.5. The molecule has 0 aliphatic carbocycles. The summed E-state index contributed by atoms with van der Waals surface area (Å²) in [6.07, 6.45) is -0.0278. The van der Waals surface area contributed by atoms with Gasteiger partial charge in [0.25, 0.3) is 17.7 Å². The van der Waals surface area contributed by atoms with E-state index in [1.807, 2.05) is 6.07 Å². The van der Waals surface area contributed by atoms with E-state index in [9.17, 15) is 19.2 Å². The summed E-state index contributed by atoms with van der Waals surface area (Å²) in [5, 5.41) is 2.63. The van der Waals surface area contributed by atoms with Crippen LogP contribution in [0.2, 0.25) is 0 Å². The van der Waals surface area contributed by atoms with Gasteiger partial charge in [-0.05, 0) is 38.0 Å². The molecule has 9 nitrogen and oxygen atoms in total. The molecule has 1 unspecified atom stereocenters. The standard InChI is InChI=1S/C18H23BrN4O5/c1-4-18(5-2)16(26)23(17(27)20-18)10-14(24)21-22-15(25)11(3)28-13-8-6-7-12(19)9-13/h6-9,11H,4-5,10H2,1-3H3,(H,20,27)(H,21,24)(H,22,25). The Bertz CT molecular complexity index is 781. The zero-order valence-electron chi connectivity index (χ0n) is 15.9. The molecule has 0 spiro atoms. The highest BCUT2D eigenvalue weighted by Crippen LogP contribution is 2.24. The number of benzene rings is 1. The van der Waals surface area contributed by atoms with Crippen molar-refractivity contribution in [3.05, 3.63) is 28.7 Å². The summed E-state index contributed by atoms with van der Waals surface area (Å²) in [6.45, 7) is 4.61. The van der Waals surface area contributed by atoms with Crippen molar-refractivity contribution in [2.45, 2.75) is 45.3 Å². The summed E-state index contributed by atoms with van der Waals surface area (Å²) < 4.78 is 6.29. The minimum atomic E-state index is -0.979. The van der Waals surface area contributed by atoms with Crippen molar-refractivity contribution in [2.75, 3.05) is 6.54 Å². The van der Waals surface area contributed by atoms with Gasteiger partial charge in [-0.25, -0.2) is 4.79 Å². The number of amides is 5. The number of imide groups is 1. The lowest BCUT2D eigenvalue weighted by Crippen LogP contribution is -2.51. The molecule has 5 amide bonds. The fourth-order valence-corrected chi connectivity index (χ4v) is 3.14. The Morgan fingerprint density at radius 1 is 1.25 bits per heavy atom. The summed E-state index contributed by atoms with van der Waals surface area (Å²) in [6, 6.07) is 6.35. The maximum Gasteiger partial charge on any atom is 0.325 e. The molecule has 3 N–H and O–H groups in total. The predicted molar refractivity (Wildman–Crippen MR) is 104 cm³/mol. The molecule has 0 aromatic heterocycles. The third kappa shape index (κ3) is 4.80. The number of ether oxygens (including phenoxy) is 1. The summed E-state index contributed by atoms with van der Waals surface area (Å²) in [5.74, 6) is -1.25. The van der Waals surface area contributed by atoms with Crippen LogP contribution in [0.5, 0.6) is 5.75 Å². The Hall–Kier alpha value is -2.62. The van der Waals surface area contributed by atoms with Gasteiger partial charge in [-0.2, -0.15) is 0 Å². The minimum absolute atomic E-state index is 0.424. The first-order valence-electron chi connectivity index (χ1n) is 8.87. The van der Waals surface area contributed by atoms with Gasteiger partial charge in [-0.3, -0.25) is 30.1 Å². The molecule has 1 aliphatic heterocycles. The lowest BCUT2D eigenvalue weighted by Gasteiger charge is -2.23. The van der Waals surface area contributed by atoms with Crippen LogP contribution >= 0.6 is 15.9 Å². The van der Waals surface area contributed by atoms with Crippen molar-refractivity contribution in [1.82, 2.24) is 21.1 Å². The molecule has 1 atom stereocenters. The Labute approximate surface area is 171 Å². The van der Waals surface area contributed by atoms with Gasteiger partial charge in [0.1, 0.15) is 17.8 Å². The van der Waals surface area contributed by atoms with E-state index in [0.29, 0.717) is 18.6 Å². The van der Waals surface area contributed by atoms with Crippen molar-refractivity contribution in [2.24, 2.45) is 0 Å². The van der Waals surface area contributed by atoms with Crippen LogP contribution in [-0.4, -0.2) is 46.8 Å². The van der Waals surface area contributed by atoms with E-state index < -0.39 is 41.9 Å². The summed E-state index contributed by atoms with van der Waals surface area (Å²) in [5.41, 5.74) is 3.44. The molecule has 1 heterocycles. The number of halogens is 1. The Morgan fingerprint density at radius 2 is 1.93 bits per heavy atom. The molecule has 152 valence electrons. The number of hydrogen-bond donors (Lipinski definition) is 3. The highest BCUT2D eigenvalue weighted by molar-refractivity contribution is 9.10. The number of carbonyl (C=O) groups is 4. The van der Waals surface area contributed by atoms with Gasteiger partial charge in [-0.15, -0.1) is 0 Å². The van der Waals surface area contributed by atoms with Crippen LogP contribution in [0.25, 0.3) is 0 Å². The van der Waals surface area contributed by atoms with Gasteiger partial charge < -0.3 is 10.1 Å². The average molecular weight is 455 g/mol. The van der Waals surface area contributed by atoms with Crippen molar-refractivity contribution >= 4 is 39.7 Å². The van der Waals surface area contributed by atoms with Crippen LogP contribution in [0.1, 0.15) is 33.6 Å². The van der Waals surface area contributed by atoms with E-state index >= 15 is 0 Å². The molecule has 1 aromatic carbocycles. The van der Waals surface area contributed by atoms with Crippen LogP contribution in [0.4, 0.5) is 4.79 Å². The van der Waals surface area contributed by atoms with Crippen molar-refractivity contribution in [3.63, 3.8) is 0 Å². The number of nitrogens with zero attached hydrogens (tertiary/aromatic N) is 1. The number of hydrazine groups is 1. The molecule has 10 heteroatoms. The second-order valence-corrected chi connectivity index (χ2v) is 7.28. The van der Waals surface area contributed by atoms with E-state index in [-0.39, 0.29) is 0 Å². The van der Waals surface area contributed by atoms with Crippen LogP contribution in [0.3, 0.4) is 0 Å². The molecule has 0 bridgehead atoms. The number of hydrogen-bond acceptors (Lipinski definition) is 5. The maximum absolute atomic E-state index is 12.5. The van der Waals surface area contributed by atoms with Crippen LogP contribution < -0.4 is 20.9 Å². The van der Waals surface area contributed by atoms with Gasteiger partial charge in [0.2, 0.25) is 0 Å². The van der Waals surface area contributed by atoms with Crippen LogP contribution in [0.15, 0.2) is 28.7 Å². The molecule has 1 aromatic rings. The van der Waals surface area contributed by atoms with Gasteiger partial charge in [-0.1, -0.05) is 35.8 Å². The van der Waals surface area contributed by atoms with Gasteiger partial charge in [0.15, 0.2) is 6.10 Å². The zero-order valence-corrected chi connectivity index (χ0v) is 17.5.